The van der Waals surface area contributed by atoms with Crippen LogP contribution in [0.2, 0.25) is 0 Å². The van der Waals surface area contributed by atoms with Gasteiger partial charge in [-0.2, -0.15) is 0 Å². The molecule has 0 bridgehead atoms. The molecule has 1 heterocycles. The van der Waals surface area contributed by atoms with Crippen LogP contribution in [0.5, 0.6) is 5.75 Å². The van der Waals surface area contributed by atoms with Gasteiger partial charge in [-0.25, -0.2) is 0 Å². The Morgan fingerprint density at radius 1 is 1.35 bits per heavy atom. The fraction of sp³-hybridized carbons (Fsp3) is 0.357. The number of hydrogen-bond acceptors (Lipinski definition) is 4. The molecule has 1 aromatic rings. The summed E-state index contributed by atoms with van der Waals surface area (Å²) in [5, 5.41) is 2.47. The van der Waals surface area contributed by atoms with Crippen molar-refractivity contribution in [1.82, 2.24) is 5.32 Å². The lowest BCUT2D eigenvalue weighted by molar-refractivity contribution is -0.121. The van der Waals surface area contributed by atoms with E-state index in [0.717, 1.165) is 0 Å². The number of ketones is 1. The van der Waals surface area contributed by atoms with Gasteiger partial charge < -0.3 is 15.0 Å². The number of benzene rings is 1. The summed E-state index contributed by atoms with van der Waals surface area (Å²) in [6, 6.07) is 4.94. The zero-order chi connectivity index (χ0) is 14.7. The van der Waals surface area contributed by atoms with Crippen LogP contribution in [0.3, 0.4) is 0 Å². The van der Waals surface area contributed by atoms with Crippen LogP contribution in [0, 0.1) is 0 Å². The van der Waals surface area contributed by atoms with E-state index in [4.69, 9.17) is 4.74 Å². The normalized spacial score (nSPS) is 13.5. The second kappa shape index (κ2) is 5.73. The molecule has 0 aromatic heterocycles. The van der Waals surface area contributed by atoms with Crippen molar-refractivity contribution in [3.8, 4) is 5.75 Å². The minimum Gasteiger partial charge on any atom is -0.482 e. The fourth-order valence-electron chi connectivity index (χ4n) is 1.94. The number of carbonyl (C=O) groups excluding carboxylic acids is 3. The van der Waals surface area contributed by atoms with Crippen LogP contribution < -0.4 is 15.0 Å². The van der Waals surface area contributed by atoms with Crippen molar-refractivity contribution in [2.24, 2.45) is 0 Å². The van der Waals surface area contributed by atoms with Gasteiger partial charge in [0, 0.05) is 32.5 Å². The molecule has 2 amide bonds. The van der Waals surface area contributed by atoms with Crippen molar-refractivity contribution in [3.63, 3.8) is 0 Å². The van der Waals surface area contributed by atoms with Crippen LogP contribution in [-0.2, 0) is 9.59 Å². The molecule has 0 radical (unpaired) electrons. The third-order valence-electron chi connectivity index (χ3n) is 3.23. The maximum Gasteiger partial charge on any atom is 0.264 e. The molecule has 106 valence electrons. The largest absolute Gasteiger partial charge is 0.482 e. The first-order valence-electron chi connectivity index (χ1n) is 6.30. The monoisotopic (exact) mass is 276 g/mol. The number of fused-ring (bicyclic) bond motifs is 1. The molecular weight excluding hydrogens is 260 g/mol. The lowest BCUT2D eigenvalue weighted by Crippen LogP contribution is -2.35. The molecule has 1 N–H and O–H groups in total. The van der Waals surface area contributed by atoms with E-state index < -0.39 is 0 Å². The van der Waals surface area contributed by atoms with Crippen LogP contribution in [-0.4, -0.2) is 38.3 Å². The molecule has 0 fully saturated rings. The van der Waals surface area contributed by atoms with E-state index >= 15 is 0 Å². The van der Waals surface area contributed by atoms with Gasteiger partial charge in [0.05, 0.1) is 5.69 Å². The highest BCUT2D eigenvalue weighted by molar-refractivity contribution is 6.02. The Balaban J connectivity index is 2.16. The summed E-state index contributed by atoms with van der Waals surface area (Å²) in [6.07, 6.45) is 0.286. The predicted molar refractivity (Wildman–Crippen MR) is 73.0 cm³/mol. The Labute approximate surface area is 116 Å². The first kappa shape index (κ1) is 14.0. The highest BCUT2D eigenvalue weighted by Gasteiger charge is 2.23. The van der Waals surface area contributed by atoms with Crippen molar-refractivity contribution in [1.29, 1.82) is 0 Å². The number of nitrogens with zero attached hydrogens (tertiary/aromatic N) is 1. The summed E-state index contributed by atoms with van der Waals surface area (Å²) in [5.41, 5.74) is 1.05. The van der Waals surface area contributed by atoms with Crippen molar-refractivity contribution in [3.05, 3.63) is 23.8 Å². The number of nitrogens with one attached hydrogen (secondary N) is 1. The average Bonchev–Trinajstić information content (AvgIpc) is 2.48. The molecule has 2 rings (SSSR count). The molecule has 0 unspecified atom stereocenters. The molecule has 20 heavy (non-hydrogen) atoms. The average molecular weight is 276 g/mol. The summed E-state index contributed by atoms with van der Waals surface area (Å²) in [7, 11) is 3.17. The van der Waals surface area contributed by atoms with Crippen LogP contribution in [0.25, 0.3) is 0 Å². The van der Waals surface area contributed by atoms with E-state index in [9.17, 15) is 14.4 Å². The minimum absolute atomic E-state index is 0.00741. The standard InChI is InChI=1S/C14H16N2O4/c1-15-13(18)6-4-11(17)9-3-5-12-10(7-9)16(2)14(19)8-20-12/h3,5,7H,4,6,8H2,1-2H3,(H,15,18). The summed E-state index contributed by atoms with van der Waals surface area (Å²) in [4.78, 5) is 36.2. The number of rotatable bonds is 4. The van der Waals surface area contributed by atoms with Gasteiger partial charge in [-0.1, -0.05) is 0 Å². The van der Waals surface area contributed by atoms with Crippen LogP contribution in [0.1, 0.15) is 23.2 Å². The summed E-state index contributed by atoms with van der Waals surface area (Å²) in [6.45, 7) is 0.00741. The van der Waals surface area contributed by atoms with Crippen LogP contribution in [0.4, 0.5) is 5.69 Å². The zero-order valence-corrected chi connectivity index (χ0v) is 11.4. The Morgan fingerprint density at radius 2 is 2.10 bits per heavy atom. The lowest BCUT2D eigenvalue weighted by Gasteiger charge is -2.26. The van der Waals surface area contributed by atoms with Gasteiger partial charge in [-0.05, 0) is 18.2 Å². The Kier molecular flexibility index (Phi) is 4.02. The van der Waals surface area contributed by atoms with Gasteiger partial charge in [0.1, 0.15) is 5.75 Å². The molecule has 0 atom stereocenters. The summed E-state index contributed by atoms with van der Waals surface area (Å²) < 4.78 is 5.29. The van der Waals surface area contributed by atoms with Gasteiger partial charge in [-0.3, -0.25) is 14.4 Å². The maximum absolute atomic E-state index is 12.0. The fourth-order valence-corrected chi connectivity index (χ4v) is 1.94. The molecule has 1 aliphatic heterocycles. The number of anilines is 1. The van der Waals surface area contributed by atoms with Crippen LogP contribution in [0.15, 0.2) is 18.2 Å². The molecule has 0 spiro atoms. The van der Waals surface area contributed by atoms with Gasteiger partial charge in [0.25, 0.3) is 5.91 Å². The maximum atomic E-state index is 12.0. The minimum atomic E-state index is -0.174. The number of Topliss-reactive ketones (excluding diaryl/α,β-unsaturated/α-hetero) is 1. The second-order valence-electron chi connectivity index (χ2n) is 4.52. The van der Waals surface area contributed by atoms with Gasteiger partial charge >= 0.3 is 0 Å². The van der Waals surface area contributed by atoms with Crippen molar-refractivity contribution >= 4 is 23.3 Å². The SMILES string of the molecule is CNC(=O)CCC(=O)c1ccc2c(c1)N(C)C(=O)CO2. The Morgan fingerprint density at radius 3 is 2.80 bits per heavy atom. The quantitative estimate of drug-likeness (QED) is 0.823. The number of amides is 2. The third kappa shape index (κ3) is 2.79. The number of likely N-dealkylation sites (N-methyl/N-ethyl adjacent to an activating group) is 1. The zero-order valence-electron chi connectivity index (χ0n) is 11.4. The topological polar surface area (TPSA) is 75.7 Å². The Bertz CT molecular complexity index is 568. The number of ether oxygens (including phenoxy) is 1. The highest BCUT2D eigenvalue weighted by Crippen LogP contribution is 2.32. The van der Waals surface area contributed by atoms with Crippen molar-refractivity contribution in [2.45, 2.75) is 12.8 Å². The molecule has 1 aromatic carbocycles. The third-order valence-corrected chi connectivity index (χ3v) is 3.23. The van der Waals surface area contributed by atoms with E-state index in [1.807, 2.05) is 0 Å². The second-order valence-corrected chi connectivity index (χ2v) is 4.52. The smallest absolute Gasteiger partial charge is 0.264 e. The Hall–Kier alpha value is -2.37. The summed E-state index contributed by atoms with van der Waals surface area (Å²) in [5.74, 6) is 0.108. The van der Waals surface area contributed by atoms with E-state index in [2.05, 4.69) is 5.32 Å². The molecule has 0 aliphatic carbocycles. The van der Waals surface area contributed by atoms with Crippen molar-refractivity contribution in [2.75, 3.05) is 25.6 Å². The van der Waals surface area contributed by atoms with E-state index in [1.54, 1.807) is 25.2 Å². The predicted octanol–water partition coefficient (Wildman–Crippen LogP) is 0.751. The lowest BCUT2D eigenvalue weighted by atomic mass is 10.0. The van der Waals surface area contributed by atoms with Gasteiger partial charge in [-0.15, -0.1) is 0 Å². The van der Waals surface area contributed by atoms with Gasteiger partial charge in [0.15, 0.2) is 12.4 Å². The summed E-state index contributed by atoms with van der Waals surface area (Å²) >= 11 is 0. The first-order valence-corrected chi connectivity index (χ1v) is 6.30. The number of carbonyl (C=O) groups is 3. The van der Waals surface area contributed by atoms with E-state index in [-0.39, 0.29) is 37.0 Å². The molecule has 0 saturated heterocycles. The van der Waals surface area contributed by atoms with Crippen molar-refractivity contribution < 1.29 is 19.1 Å². The molecular formula is C14H16N2O4. The van der Waals surface area contributed by atoms with Crippen LogP contribution >= 0.6 is 0 Å². The first-order chi connectivity index (χ1) is 9.52. The highest BCUT2D eigenvalue weighted by atomic mass is 16.5. The molecule has 6 heteroatoms. The number of hydrogen-bond donors (Lipinski definition) is 1. The van der Waals surface area contributed by atoms with E-state index in [1.165, 1.54) is 11.9 Å². The van der Waals surface area contributed by atoms with Gasteiger partial charge in [0.2, 0.25) is 5.91 Å². The molecule has 6 nitrogen and oxygen atoms in total. The van der Waals surface area contributed by atoms with E-state index in [0.29, 0.717) is 17.0 Å². The molecule has 0 saturated carbocycles. The molecule has 1 aliphatic rings.